The number of carbonyl (C=O) groups is 1. The van der Waals surface area contributed by atoms with E-state index < -0.39 is 5.60 Å². The Morgan fingerprint density at radius 2 is 2.00 bits per heavy atom. The van der Waals surface area contributed by atoms with E-state index >= 15 is 0 Å². The molecule has 0 saturated heterocycles. The van der Waals surface area contributed by atoms with Crippen LogP contribution in [0.5, 0.6) is 0 Å². The van der Waals surface area contributed by atoms with Gasteiger partial charge in [0.2, 0.25) is 0 Å². The van der Waals surface area contributed by atoms with Crippen LogP contribution >= 0.6 is 11.6 Å². The largest absolute Gasteiger partial charge is 0.387 e. The highest BCUT2D eigenvalue weighted by atomic mass is 35.5. The van der Waals surface area contributed by atoms with Crippen molar-refractivity contribution in [2.24, 2.45) is 0 Å². The third-order valence-electron chi connectivity index (χ3n) is 3.77. The summed E-state index contributed by atoms with van der Waals surface area (Å²) in [5, 5.41) is 14.6. The first-order valence-corrected chi connectivity index (χ1v) is 8.05. The van der Waals surface area contributed by atoms with E-state index in [9.17, 15) is 9.90 Å². The van der Waals surface area contributed by atoms with Crippen LogP contribution in [0.3, 0.4) is 0 Å². The van der Waals surface area contributed by atoms with Gasteiger partial charge in [-0.25, -0.2) is 0 Å². The van der Waals surface area contributed by atoms with Crippen molar-refractivity contribution in [1.82, 2.24) is 10.3 Å². The highest BCUT2D eigenvalue weighted by Crippen LogP contribution is 2.22. The average molecular weight is 345 g/mol. The van der Waals surface area contributed by atoms with Gasteiger partial charge in [-0.05, 0) is 38.0 Å². The molecule has 0 bridgehead atoms. The van der Waals surface area contributed by atoms with Gasteiger partial charge in [0.25, 0.3) is 5.91 Å². The lowest BCUT2D eigenvalue weighted by Crippen LogP contribution is -2.42. The number of aliphatic hydroxyl groups is 1. The molecule has 0 radical (unpaired) electrons. The highest BCUT2D eigenvalue weighted by Gasteiger charge is 2.25. The van der Waals surface area contributed by atoms with Crippen molar-refractivity contribution >= 4 is 28.4 Å². The molecule has 0 aliphatic carbocycles. The van der Waals surface area contributed by atoms with Crippen LogP contribution in [0.2, 0.25) is 5.02 Å². The SMILES string of the molecule is C=CCC(O)(CC=C)CNC(=O)c1cc(C)nc2cc(Cl)ccc12. The number of aryl methyl sites for hydroxylation is 1. The lowest BCUT2D eigenvalue weighted by atomic mass is 9.95. The molecule has 0 saturated carbocycles. The molecule has 1 heterocycles. The highest BCUT2D eigenvalue weighted by molar-refractivity contribution is 6.31. The van der Waals surface area contributed by atoms with Gasteiger partial charge in [0, 0.05) is 22.6 Å². The van der Waals surface area contributed by atoms with Crippen LogP contribution in [0.1, 0.15) is 28.9 Å². The molecule has 0 aliphatic rings. The van der Waals surface area contributed by atoms with E-state index in [1.165, 1.54) is 0 Å². The lowest BCUT2D eigenvalue weighted by Gasteiger charge is -2.26. The van der Waals surface area contributed by atoms with E-state index in [2.05, 4.69) is 23.5 Å². The number of amides is 1. The van der Waals surface area contributed by atoms with Gasteiger partial charge >= 0.3 is 0 Å². The van der Waals surface area contributed by atoms with Gasteiger partial charge in [0.15, 0.2) is 0 Å². The molecule has 24 heavy (non-hydrogen) atoms. The molecule has 2 rings (SSSR count). The average Bonchev–Trinajstić information content (AvgIpc) is 2.52. The van der Waals surface area contributed by atoms with Crippen LogP contribution < -0.4 is 5.32 Å². The molecule has 4 nitrogen and oxygen atoms in total. The van der Waals surface area contributed by atoms with Crippen molar-refractivity contribution in [3.05, 3.63) is 65.9 Å². The smallest absolute Gasteiger partial charge is 0.252 e. The minimum absolute atomic E-state index is 0.111. The van der Waals surface area contributed by atoms with Crippen molar-refractivity contribution in [1.29, 1.82) is 0 Å². The summed E-state index contributed by atoms with van der Waals surface area (Å²) in [6.07, 6.45) is 3.99. The summed E-state index contributed by atoms with van der Waals surface area (Å²) in [7, 11) is 0. The lowest BCUT2D eigenvalue weighted by molar-refractivity contribution is 0.0437. The summed E-state index contributed by atoms with van der Waals surface area (Å²) < 4.78 is 0. The van der Waals surface area contributed by atoms with E-state index in [0.29, 0.717) is 28.9 Å². The topological polar surface area (TPSA) is 62.2 Å². The zero-order valence-electron chi connectivity index (χ0n) is 13.7. The molecule has 0 unspecified atom stereocenters. The number of hydrogen-bond acceptors (Lipinski definition) is 3. The molecule has 0 fully saturated rings. The molecule has 0 atom stereocenters. The zero-order valence-corrected chi connectivity index (χ0v) is 14.4. The molecule has 1 aromatic heterocycles. The van der Waals surface area contributed by atoms with Crippen LogP contribution in [0.15, 0.2) is 49.6 Å². The Kier molecular flexibility index (Phi) is 5.75. The first-order valence-electron chi connectivity index (χ1n) is 7.68. The standard InChI is InChI=1S/C19H21ClN2O2/c1-4-8-19(24,9-5-2)12-21-18(23)16-10-13(3)22-17-11-14(20)6-7-15(16)17/h4-7,10-11,24H,1-2,8-9,12H2,3H3,(H,21,23). The van der Waals surface area contributed by atoms with Crippen molar-refractivity contribution in [3.63, 3.8) is 0 Å². The van der Waals surface area contributed by atoms with Crippen molar-refractivity contribution in [2.45, 2.75) is 25.4 Å². The first kappa shape index (κ1) is 18.2. The number of carbonyl (C=O) groups excluding carboxylic acids is 1. The number of benzene rings is 1. The number of halogens is 1. The Bertz CT molecular complexity index is 771. The second kappa shape index (κ2) is 7.60. The van der Waals surface area contributed by atoms with Crippen molar-refractivity contribution < 1.29 is 9.90 Å². The Labute approximate surface area is 146 Å². The van der Waals surface area contributed by atoms with E-state index in [0.717, 1.165) is 11.1 Å². The summed E-state index contributed by atoms with van der Waals surface area (Å²) in [5.74, 6) is -0.264. The van der Waals surface area contributed by atoms with E-state index in [1.54, 1.807) is 36.4 Å². The molecule has 2 aromatic rings. The summed E-state index contributed by atoms with van der Waals surface area (Å²) >= 11 is 6.00. The number of pyridine rings is 1. The van der Waals surface area contributed by atoms with Crippen molar-refractivity contribution in [3.8, 4) is 0 Å². The Balaban J connectivity index is 2.28. The zero-order chi connectivity index (χ0) is 17.7. The van der Waals surface area contributed by atoms with Gasteiger partial charge < -0.3 is 10.4 Å². The monoisotopic (exact) mass is 344 g/mol. The quantitative estimate of drug-likeness (QED) is 0.751. The summed E-state index contributed by atoms with van der Waals surface area (Å²) in [6, 6.07) is 6.96. The second-order valence-electron chi connectivity index (χ2n) is 5.87. The molecule has 0 spiro atoms. The maximum Gasteiger partial charge on any atom is 0.252 e. The van der Waals surface area contributed by atoms with Crippen LogP contribution in [0.4, 0.5) is 0 Å². The number of nitrogens with zero attached hydrogens (tertiary/aromatic N) is 1. The maximum absolute atomic E-state index is 12.6. The predicted octanol–water partition coefficient (Wildman–Crippen LogP) is 3.81. The number of hydrogen-bond donors (Lipinski definition) is 2. The Morgan fingerprint density at radius 3 is 2.62 bits per heavy atom. The minimum atomic E-state index is -1.08. The maximum atomic E-state index is 12.6. The van der Waals surface area contributed by atoms with Gasteiger partial charge in [-0.1, -0.05) is 29.8 Å². The van der Waals surface area contributed by atoms with Gasteiger partial charge in [0.1, 0.15) is 0 Å². The predicted molar refractivity (Wildman–Crippen MR) is 98.4 cm³/mol. The Hall–Kier alpha value is -2.17. The summed E-state index contributed by atoms with van der Waals surface area (Å²) in [5.41, 5.74) is 0.816. The molecule has 126 valence electrons. The molecular weight excluding hydrogens is 324 g/mol. The van der Waals surface area contributed by atoms with E-state index in [-0.39, 0.29) is 12.5 Å². The number of nitrogens with one attached hydrogen (secondary N) is 1. The van der Waals surface area contributed by atoms with Gasteiger partial charge in [-0.15, -0.1) is 13.2 Å². The molecule has 1 amide bonds. The summed E-state index contributed by atoms with van der Waals surface area (Å²) in [4.78, 5) is 17.0. The van der Waals surface area contributed by atoms with Crippen LogP contribution in [0.25, 0.3) is 10.9 Å². The normalized spacial score (nSPS) is 11.3. The second-order valence-corrected chi connectivity index (χ2v) is 6.30. The molecule has 0 aliphatic heterocycles. The van der Waals surface area contributed by atoms with E-state index in [1.807, 2.05) is 6.92 Å². The molecule has 1 aromatic carbocycles. The number of aromatic nitrogens is 1. The molecule has 5 heteroatoms. The fourth-order valence-corrected chi connectivity index (χ4v) is 2.79. The Morgan fingerprint density at radius 1 is 1.33 bits per heavy atom. The number of rotatable bonds is 7. The third-order valence-corrected chi connectivity index (χ3v) is 4.01. The first-order chi connectivity index (χ1) is 11.4. The molecular formula is C19H21ClN2O2. The van der Waals surface area contributed by atoms with Crippen LogP contribution in [0, 0.1) is 6.92 Å². The molecule has 2 N–H and O–H groups in total. The minimum Gasteiger partial charge on any atom is -0.387 e. The van der Waals surface area contributed by atoms with Crippen LogP contribution in [-0.4, -0.2) is 28.1 Å². The fourth-order valence-electron chi connectivity index (χ4n) is 2.63. The van der Waals surface area contributed by atoms with Gasteiger partial charge in [-0.3, -0.25) is 9.78 Å². The third kappa shape index (κ3) is 4.22. The van der Waals surface area contributed by atoms with Crippen molar-refractivity contribution in [2.75, 3.05) is 6.54 Å². The fraction of sp³-hybridized carbons (Fsp3) is 0.263. The number of fused-ring (bicyclic) bond motifs is 1. The van der Waals surface area contributed by atoms with Gasteiger partial charge in [-0.2, -0.15) is 0 Å². The van der Waals surface area contributed by atoms with E-state index in [4.69, 9.17) is 11.6 Å². The van der Waals surface area contributed by atoms with Crippen LogP contribution in [-0.2, 0) is 0 Å². The summed E-state index contributed by atoms with van der Waals surface area (Å²) in [6.45, 7) is 9.23. The van der Waals surface area contributed by atoms with Gasteiger partial charge in [0.05, 0.1) is 16.7 Å².